The van der Waals surface area contributed by atoms with E-state index in [-0.39, 0.29) is 5.75 Å². The van der Waals surface area contributed by atoms with Crippen molar-refractivity contribution < 1.29 is 13.0 Å². The number of benzene rings is 2. The van der Waals surface area contributed by atoms with E-state index in [1.165, 1.54) is 0 Å². The van der Waals surface area contributed by atoms with Crippen molar-refractivity contribution in [3.8, 4) is 0 Å². The van der Waals surface area contributed by atoms with Crippen molar-refractivity contribution in [2.75, 3.05) is 0 Å². The molecule has 4 heteroatoms. The van der Waals surface area contributed by atoms with Gasteiger partial charge in [0.25, 0.3) is 10.1 Å². The Hall–Kier alpha value is -1.91. The molecule has 0 aliphatic carbocycles. The molecule has 0 unspecified atom stereocenters. The maximum Gasteiger partial charge on any atom is 0.269 e. The van der Waals surface area contributed by atoms with Crippen molar-refractivity contribution in [1.82, 2.24) is 0 Å². The molecule has 20 heavy (non-hydrogen) atoms. The lowest BCUT2D eigenvalue weighted by Gasteiger charge is -2.10. The van der Waals surface area contributed by atoms with Crippen LogP contribution < -0.4 is 0 Å². The van der Waals surface area contributed by atoms with Crippen molar-refractivity contribution in [2.24, 2.45) is 0 Å². The normalized spacial score (nSPS) is 11.3. The zero-order valence-corrected chi connectivity index (χ0v) is 12.0. The van der Waals surface area contributed by atoms with Crippen LogP contribution in [-0.2, 0) is 15.9 Å². The van der Waals surface area contributed by atoms with Gasteiger partial charge in [0.05, 0.1) is 0 Å². The summed E-state index contributed by atoms with van der Waals surface area (Å²) < 4.78 is 30.8. The van der Waals surface area contributed by atoms with Crippen LogP contribution in [0.25, 0.3) is 5.57 Å². The lowest BCUT2D eigenvalue weighted by atomic mass is 9.96. The summed E-state index contributed by atoms with van der Waals surface area (Å²) in [7, 11) is -4.01. The Morgan fingerprint density at radius 2 is 1.75 bits per heavy atom. The Labute approximate surface area is 119 Å². The van der Waals surface area contributed by atoms with Gasteiger partial charge in [-0.15, -0.1) is 0 Å². The standard InChI is InChI=1S/C16H16O3S/c1-12-10-15(8-9-16(12)11-20(17,18)19)13(2)14-6-4-3-5-7-14/h3-10H,2,11H2,1H3,(H,17,18,19). The summed E-state index contributed by atoms with van der Waals surface area (Å²) in [6, 6.07) is 15.2. The Kier molecular flexibility index (Phi) is 4.06. The molecule has 0 aromatic heterocycles. The molecule has 2 rings (SSSR count). The van der Waals surface area contributed by atoms with Gasteiger partial charge in [-0.25, -0.2) is 0 Å². The van der Waals surface area contributed by atoms with Gasteiger partial charge in [0, 0.05) is 0 Å². The van der Waals surface area contributed by atoms with Gasteiger partial charge in [-0.05, 0) is 34.8 Å². The highest BCUT2D eigenvalue weighted by molar-refractivity contribution is 7.85. The second-order valence-corrected chi connectivity index (χ2v) is 6.16. The first-order valence-electron chi connectivity index (χ1n) is 6.16. The third kappa shape index (κ3) is 3.56. The second-order valence-electron chi connectivity index (χ2n) is 4.71. The predicted molar refractivity (Wildman–Crippen MR) is 81.0 cm³/mol. The van der Waals surface area contributed by atoms with Gasteiger partial charge in [0.1, 0.15) is 5.75 Å². The molecule has 0 aliphatic rings. The number of rotatable bonds is 4. The first kappa shape index (κ1) is 14.5. The molecular weight excluding hydrogens is 272 g/mol. The largest absolute Gasteiger partial charge is 0.285 e. The summed E-state index contributed by atoms with van der Waals surface area (Å²) >= 11 is 0. The Morgan fingerprint density at radius 1 is 1.10 bits per heavy atom. The van der Waals surface area contributed by atoms with Crippen LogP contribution in [-0.4, -0.2) is 13.0 Å². The van der Waals surface area contributed by atoms with E-state index in [0.29, 0.717) is 5.56 Å². The molecule has 3 nitrogen and oxygen atoms in total. The average molecular weight is 288 g/mol. The molecule has 0 amide bonds. The highest BCUT2D eigenvalue weighted by atomic mass is 32.2. The third-order valence-electron chi connectivity index (χ3n) is 3.15. The van der Waals surface area contributed by atoms with E-state index in [9.17, 15) is 8.42 Å². The summed E-state index contributed by atoms with van der Waals surface area (Å²) in [5.41, 5.74) is 4.25. The third-order valence-corrected chi connectivity index (χ3v) is 3.83. The minimum atomic E-state index is -4.01. The predicted octanol–water partition coefficient (Wildman–Crippen LogP) is 3.44. The highest BCUT2D eigenvalue weighted by Crippen LogP contribution is 2.24. The molecule has 1 N–H and O–H groups in total. The molecule has 0 saturated heterocycles. The van der Waals surface area contributed by atoms with Crippen molar-refractivity contribution in [3.63, 3.8) is 0 Å². The van der Waals surface area contributed by atoms with E-state index in [0.717, 1.165) is 22.3 Å². The molecule has 104 valence electrons. The van der Waals surface area contributed by atoms with Gasteiger partial charge in [0.2, 0.25) is 0 Å². The smallest absolute Gasteiger partial charge is 0.269 e. The SMILES string of the molecule is C=C(c1ccccc1)c1ccc(CS(=O)(=O)O)c(C)c1. The van der Waals surface area contributed by atoms with Crippen LogP contribution in [0.2, 0.25) is 0 Å². The molecule has 0 radical (unpaired) electrons. The monoisotopic (exact) mass is 288 g/mol. The molecular formula is C16H16O3S. The summed E-state index contributed by atoms with van der Waals surface area (Å²) in [4.78, 5) is 0. The van der Waals surface area contributed by atoms with E-state index in [4.69, 9.17) is 4.55 Å². The molecule has 0 aliphatic heterocycles. The Balaban J connectivity index is 2.32. The van der Waals surface area contributed by atoms with E-state index in [2.05, 4.69) is 6.58 Å². The van der Waals surface area contributed by atoms with Crippen molar-refractivity contribution >= 4 is 15.7 Å². The molecule has 0 spiro atoms. The molecule has 2 aromatic carbocycles. The molecule has 0 fully saturated rings. The molecule has 0 saturated carbocycles. The fraction of sp³-hybridized carbons (Fsp3) is 0.125. The van der Waals surface area contributed by atoms with Crippen molar-refractivity contribution in [3.05, 3.63) is 77.4 Å². The van der Waals surface area contributed by atoms with Crippen molar-refractivity contribution in [1.29, 1.82) is 0 Å². The zero-order valence-electron chi connectivity index (χ0n) is 11.2. The minimum Gasteiger partial charge on any atom is -0.285 e. The van der Waals surface area contributed by atoms with Crippen LogP contribution in [0.3, 0.4) is 0 Å². The fourth-order valence-corrected chi connectivity index (χ4v) is 2.76. The average Bonchev–Trinajstić information content (AvgIpc) is 2.40. The van der Waals surface area contributed by atoms with Crippen LogP contribution in [0.5, 0.6) is 0 Å². The summed E-state index contributed by atoms with van der Waals surface area (Å²) in [5, 5.41) is 0. The summed E-state index contributed by atoms with van der Waals surface area (Å²) in [6.45, 7) is 5.89. The van der Waals surface area contributed by atoms with Gasteiger partial charge >= 0.3 is 0 Å². The van der Waals surface area contributed by atoms with Crippen LogP contribution in [0.1, 0.15) is 22.3 Å². The van der Waals surface area contributed by atoms with Gasteiger partial charge in [-0.2, -0.15) is 8.42 Å². The van der Waals surface area contributed by atoms with Gasteiger partial charge in [-0.3, -0.25) is 4.55 Å². The van der Waals surface area contributed by atoms with Crippen LogP contribution in [0, 0.1) is 6.92 Å². The molecule has 2 aromatic rings. The lowest BCUT2D eigenvalue weighted by molar-refractivity contribution is 0.482. The van der Waals surface area contributed by atoms with Crippen molar-refractivity contribution in [2.45, 2.75) is 12.7 Å². The van der Waals surface area contributed by atoms with E-state index in [1.807, 2.05) is 49.4 Å². The lowest BCUT2D eigenvalue weighted by Crippen LogP contribution is -2.03. The van der Waals surface area contributed by atoms with E-state index in [1.54, 1.807) is 6.07 Å². The minimum absolute atomic E-state index is 0.364. The topological polar surface area (TPSA) is 54.4 Å². The summed E-state index contributed by atoms with van der Waals surface area (Å²) in [5.74, 6) is -0.364. The van der Waals surface area contributed by atoms with Crippen LogP contribution in [0.4, 0.5) is 0 Å². The van der Waals surface area contributed by atoms with Crippen LogP contribution >= 0.6 is 0 Å². The van der Waals surface area contributed by atoms with Gasteiger partial charge < -0.3 is 0 Å². The Morgan fingerprint density at radius 3 is 2.30 bits per heavy atom. The molecule has 0 atom stereocenters. The molecule has 0 heterocycles. The second kappa shape index (κ2) is 5.61. The summed E-state index contributed by atoms with van der Waals surface area (Å²) in [6.07, 6.45) is 0. The van der Waals surface area contributed by atoms with E-state index >= 15 is 0 Å². The maximum atomic E-state index is 10.9. The first-order chi connectivity index (χ1) is 9.37. The highest BCUT2D eigenvalue weighted by Gasteiger charge is 2.10. The number of hydrogen-bond acceptors (Lipinski definition) is 2. The van der Waals surface area contributed by atoms with E-state index < -0.39 is 10.1 Å². The number of aryl methyl sites for hydroxylation is 1. The number of hydrogen-bond donors (Lipinski definition) is 1. The fourth-order valence-electron chi connectivity index (χ4n) is 2.05. The zero-order chi connectivity index (χ0) is 14.8. The Bertz CT molecular complexity index is 732. The van der Waals surface area contributed by atoms with Gasteiger partial charge in [-0.1, -0.05) is 55.1 Å². The first-order valence-corrected chi connectivity index (χ1v) is 7.77. The maximum absolute atomic E-state index is 10.9. The van der Waals surface area contributed by atoms with Gasteiger partial charge in [0.15, 0.2) is 0 Å². The quantitative estimate of drug-likeness (QED) is 0.877. The molecule has 0 bridgehead atoms. The van der Waals surface area contributed by atoms with Crippen LogP contribution in [0.15, 0.2) is 55.1 Å².